The lowest BCUT2D eigenvalue weighted by atomic mass is 10.1. The van der Waals surface area contributed by atoms with Crippen molar-refractivity contribution in [1.82, 2.24) is 24.8 Å². The van der Waals surface area contributed by atoms with Gasteiger partial charge in [-0.15, -0.1) is 0 Å². The first kappa shape index (κ1) is 20.1. The molecular formula is C25H22FN5O. The normalized spacial score (nSPS) is 11.4. The molecule has 5 rings (SSSR count). The van der Waals surface area contributed by atoms with Crippen molar-refractivity contribution < 1.29 is 4.39 Å². The third-order valence-electron chi connectivity index (χ3n) is 5.47. The summed E-state index contributed by atoms with van der Waals surface area (Å²) in [5.74, 6) is 0.531. The number of hydrogen-bond acceptors (Lipinski definition) is 4. The van der Waals surface area contributed by atoms with Crippen LogP contribution in [0.2, 0.25) is 0 Å². The van der Waals surface area contributed by atoms with Gasteiger partial charge >= 0.3 is 0 Å². The Morgan fingerprint density at radius 1 is 1.03 bits per heavy atom. The van der Waals surface area contributed by atoms with Gasteiger partial charge in [0.1, 0.15) is 11.6 Å². The quantitative estimate of drug-likeness (QED) is 0.388. The van der Waals surface area contributed by atoms with Crippen LogP contribution in [-0.2, 0) is 19.5 Å². The highest BCUT2D eigenvalue weighted by Gasteiger charge is 2.11. The summed E-state index contributed by atoms with van der Waals surface area (Å²) in [6.45, 7) is 1.36. The summed E-state index contributed by atoms with van der Waals surface area (Å²) in [6, 6.07) is 19.8. The molecule has 0 bridgehead atoms. The van der Waals surface area contributed by atoms with Crippen LogP contribution in [0, 0.1) is 5.82 Å². The molecule has 0 spiro atoms. The lowest BCUT2D eigenvalue weighted by Gasteiger charge is -2.13. The standard InChI is InChI=1S/C25H22FN5O/c26-19-9-8-17-13-18(15-27-12-10-24-29-21-6-1-2-7-22(21)30-24)25(32)31(23(17)14-19)16-20-5-3-4-11-28-20/h1-9,11,13-14,27H,10,12,15-16H2,(H,29,30). The van der Waals surface area contributed by atoms with Crippen LogP contribution in [0.3, 0.4) is 0 Å². The predicted molar refractivity (Wildman–Crippen MR) is 123 cm³/mol. The molecule has 0 amide bonds. The maximum absolute atomic E-state index is 13.9. The fourth-order valence-electron chi connectivity index (χ4n) is 3.90. The molecule has 6 nitrogen and oxygen atoms in total. The average Bonchev–Trinajstić information content (AvgIpc) is 3.23. The molecule has 5 aromatic rings. The van der Waals surface area contributed by atoms with E-state index in [-0.39, 0.29) is 17.9 Å². The zero-order valence-corrected chi connectivity index (χ0v) is 17.4. The van der Waals surface area contributed by atoms with E-state index in [9.17, 15) is 9.18 Å². The predicted octanol–water partition coefficient (Wildman–Crippen LogP) is 3.79. The van der Waals surface area contributed by atoms with E-state index in [1.54, 1.807) is 16.8 Å². The molecule has 3 aromatic heterocycles. The Bertz CT molecular complexity index is 1410. The van der Waals surface area contributed by atoms with E-state index < -0.39 is 0 Å². The number of hydrogen-bond donors (Lipinski definition) is 2. The minimum atomic E-state index is -0.372. The second-order valence-electron chi connectivity index (χ2n) is 7.71. The smallest absolute Gasteiger partial charge is 0.255 e. The Kier molecular flexibility index (Phi) is 5.47. The molecular weight excluding hydrogens is 405 g/mol. The van der Waals surface area contributed by atoms with Gasteiger partial charge in [-0.1, -0.05) is 18.2 Å². The molecule has 0 radical (unpaired) electrons. The zero-order chi connectivity index (χ0) is 21.9. The number of nitrogens with zero attached hydrogens (tertiary/aromatic N) is 3. The molecule has 2 aromatic carbocycles. The number of halogens is 1. The van der Waals surface area contributed by atoms with Crippen LogP contribution >= 0.6 is 0 Å². The first-order valence-electron chi connectivity index (χ1n) is 10.5. The Morgan fingerprint density at radius 2 is 1.91 bits per heavy atom. The van der Waals surface area contributed by atoms with Gasteiger partial charge in [-0.25, -0.2) is 9.37 Å². The highest BCUT2D eigenvalue weighted by Crippen LogP contribution is 2.17. The van der Waals surface area contributed by atoms with E-state index in [0.717, 1.165) is 34.4 Å². The minimum Gasteiger partial charge on any atom is -0.342 e. The van der Waals surface area contributed by atoms with Gasteiger partial charge in [0, 0.05) is 31.3 Å². The molecule has 2 N–H and O–H groups in total. The summed E-state index contributed by atoms with van der Waals surface area (Å²) in [5.41, 5.74) is 3.75. The maximum Gasteiger partial charge on any atom is 0.255 e. The van der Waals surface area contributed by atoms with Crippen LogP contribution in [0.5, 0.6) is 0 Å². The summed E-state index contributed by atoms with van der Waals surface area (Å²) < 4.78 is 15.5. The molecule has 0 saturated carbocycles. The van der Waals surface area contributed by atoms with E-state index >= 15 is 0 Å². The molecule has 3 heterocycles. The van der Waals surface area contributed by atoms with E-state index in [0.29, 0.717) is 24.2 Å². The highest BCUT2D eigenvalue weighted by molar-refractivity contribution is 5.80. The van der Waals surface area contributed by atoms with Crippen molar-refractivity contribution >= 4 is 21.9 Å². The van der Waals surface area contributed by atoms with Crippen molar-refractivity contribution in [3.8, 4) is 0 Å². The van der Waals surface area contributed by atoms with Gasteiger partial charge in [0.25, 0.3) is 5.56 Å². The Balaban J connectivity index is 1.36. The van der Waals surface area contributed by atoms with Gasteiger partial charge < -0.3 is 14.9 Å². The van der Waals surface area contributed by atoms with Gasteiger partial charge in [0.2, 0.25) is 0 Å². The molecule has 7 heteroatoms. The number of aromatic amines is 1. The number of pyridine rings is 2. The summed E-state index contributed by atoms with van der Waals surface area (Å²) in [5, 5.41) is 4.16. The van der Waals surface area contributed by atoms with E-state index in [1.807, 2.05) is 48.5 Å². The Morgan fingerprint density at radius 3 is 2.75 bits per heavy atom. The lowest BCUT2D eigenvalue weighted by molar-refractivity contribution is 0.626. The van der Waals surface area contributed by atoms with Crippen molar-refractivity contribution in [2.45, 2.75) is 19.5 Å². The summed E-state index contributed by atoms with van der Waals surface area (Å²) in [7, 11) is 0. The molecule has 0 unspecified atom stereocenters. The molecule has 0 atom stereocenters. The summed E-state index contributed by atoms with van der Waals surface area (Å²) >= 11 is 0. The van der Waals surface area contributed by atoms with Crippen LogP contribution in [0.4, 0.5) is 4.39 Å². The van der Waals surface area contributed by atoms with Gasteiger partial charge in [-0.05, 0) is 53.9 Å². The van der Waals surface area contributed by atoms with Crippen molar-refractivity contribution in [2.24, 2.45) is 0 Å². The largest absolute Gasteiger partial charge is 0.342 e. The number of fused-ring (bicyclic) bond motifs is 2. The van der Waals surface area contributed by atoms with Gasteiger partial charge in [-0.3, -0.25) is 9.78 Å². The van der Waals surface area contributed by atoms with Crippen LogP contribution in [0.15, 0.2) is 77.7 Å². The number of para-hydroxylation sites is 2. The molecule has 32 heavy (non-hydrogen) atoms. The fraction of sp³-hybridized carbons (Fsp3) is 0.160. The molecule has 0 saturated heterocycles. The Labute approximate surface area is 183 Å². The summed E-state index contributed by atoms with van der Waals surface area (Å²) in [4.78, 5) is 25.4. The van der Waals surface area contributed by atoms with Gasteiger partial charge in [0.05, 0.1) is 28.8 Å². The molecule has 0 aliphatic heterocycles. The Hall–Kier alpha value is -3.84. The summed E-state index contributed by atoms with van der Waals surface area (Å²) in [6.07, 6.45) is 2.40. The fourth-order valence-corrected chi connectivity index (χ4v) is 3.90. The zero-order valence-electron chi connectivity index (χ0n) is 17.4. The SMILES string of the molecule is O=c1c(CNCCc2nc3ccccc3[nH]2)cc2ccc(F)cc2n1Cc1ccccn1. The number of rotatable bonds is 7. The number of H-pyrrole nitrogens is 1. The molecule has 160 valence electrons. The number of imidazole rings is 1. The van der Waals surface area contributed by atoms with E-state index in [4.69, 9.17) is 0 Å². The van der Waals surface area contributed by atoms with Crippen LogP contribution in [0.1, 0.15) is 17.1 Å². The highest BCUT2D eigenvalue weighted by atomic mass is 19.1. The van der Waals surface area contributed by atoms with Crippen LogP contribution in [0.25, 0.3) is 21.9 Å². The third-order valence-corrected chi connectivity index (χ3v) is 5.47. The van der Waals surface area contributed by atoms with Crippen molar-refractivity contribution in [3.63, 3.8) is 0 Å². The minimum absolute atomic E-state index is 0.148. The monoisotopic (exact) mass is 427 g/mol. The van der Waals surface area contributed by atoms with Gasteiger partial charge in [0.15, 0.2) is 0 Å². The third kappa shape index (κ3) is 4.15. The maximum atomic E-state index is 13.9. The first-order chi connectivity index (χ1) is 15.7. The topological polar surface area (TPSA) is 75.6 Å². The number of nitrogens with one attached hydrogen (secondary N) is 2. The molecule has 0 aliphatic rings. The molecule has 0 fully saturated rings. The second kappa shape index (κ2) is 8.72. The van der Waals surface area contributed by atoms with E-state index in [1.165, 1.54) is 12.1 Å². The number of aromatic nitrogens is 4. The van der Waals surface area contributed by atoms with Crippen molar-refractivity contribution in [3.05, 3.63) is 106 Å². The average molecular weight is 427 g/mol. The van der Waals surface area contributed by atoms with Crippen molar-refractivity contribution in [2.75, 3.05) is 6.54 Å². The van der Waals surface area contributed by atoms with Crippen LogP contribution in [-0.4, -0.2) is 26.1 Å². The first-order valence-corrected chi connectivity index (χ1v) is 10.5. The van der Waals surface area contributed by atoms with E-state index in [2.05, 4.69) is 20.3 Å². The van der Waals surface area contributed by atoms with Gasteiger partial charge in [-0.2, -0.15) is 0 Å². The second-order valence-corrected chi connectivity index (χ2v) is 7.71. The molecule has 0 aliphatic carbocycles. The van der Waals surface area contributed by atoms with Crippen LogP contribution < -0.4 is 10.9 Å². The lowest BCUT2D eigenvalue weighted by Crippen LogP contribution is -2.29. The number of benzene rings is 2. The van der Waals surface area contributed by atoms with Crippen molar-refractivity contribution in [1.29, 1.82) is 0 Å².